The summed E-state index contributed by atoms with van der Waals surface area (Å²) in [6.45, 7) is 4.31. The van der Waals surface area contributed by atoms with Crippen LogP contribution in [0.4, 0.5) is 5.95 Å². The van der Waals surface area contributed by atoms with Crippen molar-refractivity contribution in [3.05, 3.63) is 47.7 Å². The van der Waals surface area contributed by atoms with Gasteiger partial charge in [-0.15, -0.1) is 0 Å². The highest BCUT2D eigenvalue weighted by molar-refractivity contribution is 5.35. The molecule has 20 heavy (non-hydrogen) atoms. The highest BCUT2D eigenvalue weighted by Crippen LogP contribution is 2.19. The molecule has 0 radical (unpaired) electrons. The molecule has 106 valence electrons. The fraction of sp³-hybridized carbons (Fsp3) is 0.333. The number of aliphatic hydroxyl groups excluding tert-OH is 1. The van der Waals surface area contributed by atoms with E-state index in [0.29, 0.717) is 18.4 Å². The van der Waals surface area contributed by atoms with Gasteiger partial charge in [0, 0.05) is 11.8 Å². The van der Waals surface area contributed by atoms with Crippen LogP contribution < -0.4 is 10.1 Å². The third-order valence-corrected chi connectivity index (χ3v) is 2.81. The first-order valence-corrected chi connectivity index (χ1v) is 6.63. The Morgan fingerprint density at radius 3 is 2.65 bits per heavy atom. The summed E-state index contributed by atoms with van der Waals surface area (Å²) in [5, 5.41) is 12.7. The molecule has 1 heterocycles. The van der Waals surface area contributed by atoms with Gasteiger partial charge in [-0.2, -0.15) is 4.98 Å². The van der Waals surface area contributed by atoms with Crippen molar-refractivity contribution in [2.24, 2.45) is 0 Å². The maximum atomic E-state index is 9.53. The van der Waals surface area contributed by atoms with E-state index in [2.05, 4.69) is 15.3 Å². The van der Waals surface area contributed by atoms with E-state index in [0.717, 1.165) is 11.3 Å². The van der Waals surface area contributed by atoms with Crippen LogP contribution in [0.25, 0.3) is 0 Å². The lowest BCUT2D eigenvalue weighted by atomic mass is 10.1. The molecule has 1 unspecified atom stereocenters. The molecule has 0 amide bonds. The predicted molar refractivity (Wildman–Crippen MR) is 77.8 cm³/mol. The number of benzene rings is 1. The zero-order valence-electron chi connectivity index (χ0n) is 11.7. The lowest BCUT2D eigenvalue weighted by molar-refractivity contribution is 0.275. The van der Waals surface area contributed by atoms with E-state index < -0.39 is 0 Å². The molecule has 0 saturated carbocycles. The molecule has 0 aliphatic heterocycles. The molecule has 0 bridgehead atoms. The van der Waals surface area contributed by atoms with Crippen LogP contribution in [0.3, 0.4) is 0 Å². The minimum absolute atomic E-state index is 0.0364. The van der Waals surface area contributed by atoms with Gasteiger partial charge in [0.2, 0.25) is 11.8 Å². The summed E-state index contributed by atoms with van der Waals surface area (Å²) in [6, 6.07) is 11.2. The maximum Gasteiger partial charge on any atom is 0.226 e. The van der Waals surface area contributed by atoms with Crippen molar-refractivity contribution in [3.8, 4) is 5.88 Å². The van der Waals surface area contributed by atoms with Crippen LogP contribution in [0.2, 0.25) is 0 Å². The number of aryl methyl sites for hydroxylation is 1. The molecule has 1 aromatic heterocycles. The Hall–Kier alpha value is -2.14. The van der Waals surface area contributed by atoms with Crippen molar-refractivity contribution in [2.75, 3.05) is 18.5 Å². The number of aromatic nitrogens is 2. The Bertz CT molecular complexity index is 546. The van der Waals surface area contributed by atoms with Crippen molar-refractivity contribution in [2.45, 2.75) is 19.9 Å². The number of aliphatic hydroxyl groups is 1. The quantitative estimate of drug-likeness (QED) is 0.845. The smallest absolute Gasteiger partial charge is 0.226 e. The van der Waals surface area contributed by atoms with Crippen molar-refractivity contribution >= 4 is 5.95 Å². The predicted octanol–water partition coefficient (Wildman–Crippen LogP) is 2.33. The Morgan fingerprint density at radius 1 is 1.25 bits per heavy atom. The highest BCUT2D eigenvalue weighted by Gasteiger charge is 2.12. The van der Waals surface area contributed by atoms with Crippen LogP contribution in [0, 0.1) is 6.92 Å². The maximum absolute atomic E-state index is 9.53. The second kappa shape index (κ2) is 6.86. The minimum atomic E-state index is -0.243. The number of nitrogens with one attached hydrogen (secondary N) is 1. The monoisotopic (exact) mass is 273 g/mol. The standard InChI is InChI=1S/C15H19N3O2/c1-3-20-14-9-11(2)16-15(18-14)17-13(10-19)12-7-5-4-6-8-12/h4-9,13,19H,3,10H2,1-2H3,(H,16,17,18). The Labute approximate surface area is 118 Å². The summed E-state index contributed by atoms with van der Waals surface area (Å²) < 4.78 is 5.39. The molecule has 2 N–H and O–H groups in total. The highest BCUT2D eigenvalue weighted by atomic mass is 16.5. The van der Waals surface area contributed by atoms with Crippen molar-refractivity contribution in [1.29, 1.82) is 0 Å². The fourth-order valence-corrected chi connectivity index (χ4v) is 1.90. The van der Waals surface area contributed by atoms with E-state index in [1.165, 1.54) is 0 Å². The number of hydrogen-bond donors (Lipinski definition) is 2. The van der Waals surface area contributed by atoms with Gasteiger partial charge in [0.1, 0.15) is 0 Å². The average molecular weight is 273 g/mol. The van der Waals surface area contributed by atoms with Gasteiger partial charge in [0.25, 0.3) is 0 Å². The van der Waals surface area contributed by atoms with Crippen LogP contribution in [-0.2, 0) is 0 Å². The zero-order chi connectivity index (χ0) is 14.4. The van der Waals surface area contributed by atoms with Gasteiger partial charge in [-0.3, -0.25) is 0 Å². The van der Waals surface area contributed by atoms with E-state index in [9.17, 15) is 5.11 Å². The van der Waals surface area contributed by atoms with Gasteiger partial charge in [0.15, 0.2) is 0 Å². The second-order valence-corrected chi connectivity index (χ2v) is 4.39. The summed E-state index contributed by atoms with van der Waals surface area (Å²) >= 11 is 0. The first-order valence-electron chi connectivity index (χ1n) is 6.63. The van der Waals surface area contributed by atoms with Crippen LogP contribution in [-0.4, -0.2) is 28.3 Å². The van der Waals surface area contributed by atoms with E-state index in [1.807, 2.05) is 44.2 Å². The molecule has 0 fully saturated rings. The van der Waals surface area contributed by atoms with Crippen LogP contribution in [0.1, 0.15) is 24.2 Å². The molecule has 2 aromatic rings. The summed E-state index contributed by atoms with van der Waals surface area (Å²) in [7, 11) is 0. The average Bonchev–Trinajstić information content (AvgIpc) is 2.45. The molecule has 0 aliphatic carbocycles. The lowest BCUT2D eigenvalue weighted by Crippen LogP contribution is -2.17. The van der Waals surface area contributed by atoms with Crippen molar-refractivity contribution in [3.63, 3.8) is 0 Å². The zero-order valence-corrected chi connectivity index (χ0v) is 11.7. The van der Waals surface area contributed by atoms with Crippen molar-refractivity contribution < 1.29 is 9.84 Å². The fourth-order valence-electron chi connectivity index (χ4n) is 1.90. The number of hydrogen-bond acceptors (Lipinski definition) is 5. The third kappa shape index (κ3) is 3.68. The van der Waals surface area contributed by atoms with Crippen LogP contribution in [0.15, 0.2) is 36.4 Å². The van der Waals surface area contributed by atoms with E-state index >= 15 is 0 Å². The first kappa shape index (κ1) is 14.3. The van der Waals surface area contributed by atoms with E-state index in [1.54, 1.807) is 6.07 Å². The summed E-state index contributed by atoms with van der Waals surface area (Å²) in [4.78, 5) is 8.60. The number of rotatable bonds is 6. The number of nitrogens with zero attached hydrogens (tertiary/aromatic N) is 2. The van der Waals surface area contributed by atoms with Gasteiger partial charge < -0.3 is 15.2 Å². The summed E-state index contributed by atoms with van der Waals surface area (Å²) in [6.07, 6.45) is 0. The molecule has 2 rings (SSSR count). The molecule has 1 aromatic carbocycles. The summed E-state index contributed by atoms with van der Waals surface area (Å²) in [5.41, 5.74) is 1.80. The summed E-state index contributed by atoms with van der Waals surface area (Å²) in [5.74, 6) is 0.989. The van der Waals surface area contributed by atoms with Gasteiger partial charge >= 0.3 is 0 Å². The molecule has 0 aliphatic rings. The molecule has 0 spiro atoms. The van der Waals surface area contributed by atoms with E-state index in [4.69, 9.17) is 4.74 Å². The number of ether oxygens (including phenoxy) is 1. The number of anilines is 1. The third-order valence-electron chi connectivity index (χ3n) is 2.81. The molecule has 0 saturated heterocycles. The molecular weight excluding hydrogens is 254 g/mol. The normalized spacial score (nSPS) is 11.9. The lowest BCUT2D eigenvalue weighted by Gasteiger charge is -2.17. The topological polar surface area (TPSA) is 67.3 Å². The molecule has 5 nitrogen and oxygen atoms in total. The van der Waals surface area contributed by atoms with Crippen molar-refractivity contribution in [1.82, 2.24) is 9.97 Å². The largest absolute Gasteiger partial charge is 0.478 e. The Balaban J connectivity index is 2.19. The van der Waals surface area contributed by atoms with E-state index in [-0.39, 0.29) is 12.6 Å². The van der Waals surface area contributed by atoms with Crippen LogP contribution >= 0.6 is 0 Å². The Morgan fingerprint density at radius 2 is 2.00 bits per heavy atom. The second-order valence-electron chi connectivity index (χ2n) is 4.39. The molecule has 1 atom stereocenters. The van der Waals surface area contributed by atoms with Gasteiger partial charge in [-0.1, -0.05) is 30.3 Å². The molecule has 5 heteroatoms. The SMILES string of the molecule is CCOc1cc(C)nc(NC(CO)c2ccccc2)n1. The van der Waals surface area contributed by atoms with Gasteiger partial charge in [-0.05, 0) is 19.4 Å². The van der Waals surface area contributed by atoms with Gasteiger partial charge in [0.05, 0.1) is 19.3 Å². The molecular formula is C15H19N3O2. The minimum Gasteiger partial charge on any atom is -0.478 e. The Kier molecular flexibility index (Phi) is 4.90. The van der Waals surface area contributed by atoms with Crippen LogP contribution in [0.5, 0.6) is 5.88 Å². The first-order chi connectivity index (χ1) is 9.72. The van der Waals surface area contributed by atoms with Gasteiger partial charge in [-0.25, -0.2) is 4.98 Å².